The number of halogens is 1. The summed E-state index contributed by atoms with van der Waals surface area (Å²) >= 11 is 0. The number of nitrogens with zero attached hydrogens (tertiary/aromatic N) is 1. The van der Waals surface area contributed by atoms with Crippen LogP contribution in [0.2, 0.25) is 0 Å². The van der Waals surface area contributed by atoms with E-state index in [0.29, 0.717) is 36.6 Å². The first-order valence-electron chi connectivity index (χ1n) is 8.66. The van der Waals surface area contributed by atoms with Gasteiger partial charge in [0.15, 0.2) is 0 Å². The average Bonchev–Trinajstić information content (AvgIpc) is 2.91. The van der Waals surface area contributed by atoms with E-state index in [0.717, 1.165) is 0 Å². The third-order valence-electron chi connectivity index (χ3n) is 4.30. The van der Waals surface area contributed by atoms with E-state index >= 15 is 0 Å². The molecular formula is C20H21FN2O3. The van der Waals surface area contributed by atoms with Crippen LogP contribution >= 0.6 is 0 Å². The number of anilines is 1. The molecule has 1 aliphatic heterocycles. The van der Waals surface area contributed by atoms with Gasteiger partial charge in [0.2, 0.25) is 5.91 Å². The van der Waals surface area contributed by atoms with Crippen molar-refractivity contribution in [3.8, 4) is 5.75 Å². The van der Waals surface area contributed by atoms with Gasteiger partial charge >= 0.3 is 0 Å². The Morgan fingerprint density at radius 2 is 1.88 bits per heavy atom. The van der Waals surface area contributed by atoms with Crippen molar-refractivity contribution in [3.63, 3.8) is 0 Å². The summed E-state index contributed by atoms with van der Waals surface area (Å²) in [5.74, 6) is -0.107. The Labute approximate surface area is 151 Å². The lowest BCUT2D eigenvalue weighted by Gasteiger charge is -2.16. The van der Waals surface area contributed by atoms with Gasteiger partial charge in [0, 0.05) is 6.54 Å². The smallest absolute Gasteiger partial charge is 0.251 e. The molecule has 0 bridgehead atoms. The molecule has 26 heavy (non-hydrogen) atoms. The van der Waals surface area contributed by atoms with Gasteiger partial charge in [-0.05, 0) is 49.2 Å². The monoisotopic (exact) mass is 356 g/mol. The van der Waals surface area contributed by atoms with Gasteiger partial charge in [-0.2, -0.15) is 0 Å². The SMILES string of the molecule is CCOc1ccc(N2C(=O)C[C@@H](NCCc3ccccc3F)C2=O)cc1. The molecule has 0 unspecified atom stereocenters. The number of hydrogen-bond donors (Lipinski definition) is 1. The molecule has 2 aromatic carbocycles. The summed E-state index contributed by atoms with van der Waals surface area (Å²) in [6.07, 6.45) is 0.553. The molecule has 0 radical (unpaired) electrons. The zero-order valence-electron chi connectivity index (χ0n) is 14.6. The van der Waals surface area contributed by atoms with E-state index in [2.05, 4.69) is 5.32 Å². The minimum atomic E-state index is -0.583. The highest BCUT2D eigenvalue weighted by atomic mass is 19.1. The molecule has 1 heterocycles. The summed E-state index contributed by atoms with van der Waals surface area (Å²) in [6.45, 7) is 2.86. The molecule has 0 saturated carbocycles. The lowest BCUT2D eigenvalue weighted by Crippen LogP contribution is -2.39. The second-order valence-electron chi connectivity index (χ2n) is 6.05. The summed E-state index contributed by atoms with van der Waals surface area (Å²) in [5, 5.41) is 3.07. The molecule has 6 heteroatoms. The third kappa shape index (κ3) is 3.91. The van der Waals surface area contributed by atoms with Gasteiger partial charge in [-0.3, -0.25) is 9.59 Å². The van der Waals surface area contributed by atoms with Crippen LogP contribution in [0.15, 0.2) is 48.5 Å². The number of benzene rings is 2. The van der Waals surface area contributed by atoms with Crippen molar-refractivity contribution in [2.75, 3.05) is 18.1 Å². The zero-order valence-corrected chi connectivity index (χ0v) is 14.6. The topological polar surface area (TPSA) is 58.6 Å². The lowest BCUT2D eigenvalue weighted by molar-refractivity contribution is -0.121. The number of carbonyl (C=O) groups is 2. The van der Waals surface area contributed by atoms with Crippen LogP contribution < -0.4 is 15.0 Å². The fourth-order valence-corrected chi connectivity index (χ4v) is 3.00. The van der Waals surface area contributed by atoms with Crippen LogP contribution in [0.4, 0.5) is 10.1 Å². The molecule has 0 aliphatic carbocycles. The summed E-state index contributed by atoms with van der Waals surface area (Å²) < 4.78 is 19.0. The average molecular weight is 356 g/mol. The van der Waals surface area contributed by atoms with Crippen LogP contribution in [0, 0.1) is 5.82 Å². The maximum absolute atomic E-state index is 13.6. The van der Waals surface area contributed by atoms with Crippen molar-refractivity contribution >= 4 is 17.5 Å². The fraction of sp³-hybridized carbons (Fsp3) is 0.300. The van der Waals surface area contributed by atoms with E-state index in [1.54, 1.807) is 42.5 Å². The first-order valence-corrected chi connectivity index (χ1v) is 8.66. The first kappa shape index (κ1) is 18.1. The molecule has 1 fully saturated rings. The highest BCUT2D eigenvalue weighted by Gasteiger charge is 2.39. The molecule has 1 atom stereocenters. The molecule has 0 spiro atoms. The molecule has 136 valence electrons. The molecule has 1 saturated heterocycles. The second-order valence-corrected chi connectivity index (χ2v) is 6.05. The fourth-order valence-electron chi connectivity index (χ4n) is 3.00. The van der Waals surface area contributed by atoms with Crippen molar-refractivity contribution < 1.29 is 18.7 Å². The number of rotatable bonds is 7. The number of hydrogen-bond acceptors (Lipinski definition) is 4. The van der Waals surface area contributed by atoms with E-state index in [4.69, 9.17) is 4.74 Å². The highest BCUT2D eigenvalue weighted by Crippen LogP contribution is 2.25. The van der Waals surface area contributed by atoms with Crippen LogP contribution in [0.5, 0.6) is 5.75 Å². The summed E-state index contributed by atoms with van der Waals surface area (Å²) in [7, 11) is 0. The minimum absolute atomic E-state index is 0.101. The van der Waals surface area contributed by atoms with Crippen molar-refractivity contribution in [1.29, 1.82) is 0 Å². The predicted molar refractivity (Wildman–Crippen MR) is 96.6 cm³/mol. The molecule has 2 amide bonds. The Morgan fingerprint density at radius 3 is 2.58 bits per heavy atom. The van der Waals surface area contributed by atoms with Gasteiger partial charge in [0.05, 0.1) is 24.8 Å². The normalized spacial score (nSPS) is 17.0. The quantitative estimate of drug-likeness (QED) is 0.775. The van der Waals surface area contributed by atoms with Gasteiger partial charge in [-0.1, -0.05) is 18.2 Å². The summed E-state index contributed by atoms with van der Waals surface area (Å²) in [5.41, 5.74) is 1.11. The Morgan fingerprint density at radius 1 is 1.15 bits per heavy atom. The number of carbonyl (C=O) groups excluding carboxylic acids is 2. The van der Waals surface area contributed by atoms with E-state index < -0.39 is 6.04 Å². The van der Waals surface area contributed by atoms with Crippen LogP contribution in [-0.2, 0) is 16.0 Å². The molecule has 1 N–H and O–H groups in total. The Bertz CT molecular complexity index is 792. The van der Waals surface area contributed by atoms with Crippen LogP contribution in [-0.4, -0.2) is 31.0 Å². The van der Waals surface area contributed by atoms with Gasteiger partial charge < -0.3 is 10.1 Å². The van der Waals surface area contributed by atoms with Gasteiger partial charge in [-0.15, -0.1) is 0 Å². The molecule has 3 rings (SSSR count). The Hall–Kier alpha value is -2.73. The maximum atomic E-state index is 13.6. The standard InChI is InChI=1S/C20H21FN2O3/c1-2-26-16-9-7-15(8-10-16)23-19(24)13-18(20(23)25)22-12-11-14-5-3-4-6-17(14)21/h3-10,18,22H,2,11-13H2,1H3/t18-/m1/s1. The first-order chi connectivity index (χ1) is 12.6. The number of nitrogens with one attached hydrogen (secondary N) is 1. The lowest BCUT2D eigenvalue weighted by atomic mass is 10.1. The van der Waals surface area contributed by atoms with Crippen molar-refractivity contribution in [3.05, 3.63) is 59.9 Å². The summed E-state index contributed by atoms with van der Waals surface area (Å²) in [6, 6.07) is 12.8. The molecular weight excluding hydrogens is 335 g/mol. The van der Waals surface area contributed by atoms with Crippen LogP contribution in [0.3, 0.4) is 0 Å². The number of ether oxygens (including phenoxy) is 1. The van der Waals surface area contributed by atoms with Crippen LogP contribution in [0.1, 0.15) is 18.9 Å². The van der Waals surface area contributed by atoms with Crippen molar-refractivity contribution in [1.82, 2.24) is 5.32 Å². The van der Waals surface area contributed by atoms with E-state index in [1.807, 2.05) is 6.92 Å². The molecule has 1 aliphatic rings. The highest BCUT2D eigenvalue weighted by molar-refractivity contribution is 6.22. The summed E-state index contributed by atoms with van der Waals surface area (Å²) in [4.78, 5) is 26.0. The predicted octanol–water partition coefficient (Wildman–Crippen LogP) is 2.69. The minimum Gasteiger partial charge on any atom is -0.494 e. The van der Waals surface area contributed by atoms with Crippen molar-refractivity contribution in [2.24, 2.45) is 0 Å². The van der Waals surface area contributed by atoms with Crippen molar-refractivity contribution in [2.45, 2.75) is 25.8 Å². The van der Waals surface area contributed by atoms with E-state index in [-0.39, 0.29) is 24.1 Å². The zero-order chi connectivity index (χ0) is 18.5. The van der Waals surface area contributed by atoms with Crippen LogP contribution in [0.25, 0.3) is 0 Å². The largest absolute Gasteiger partial charge is 0.494 e. The van der Waals surface area contributed by atoms with Gasteiger partial charge in [0.25, 0.3) is 5.91 Å². The maximum Gasteiger partial charge on any atom is 0.251 e. The molecule has 5 nitrogen and oxygen atoms in total. The third-order valence-corrected chi connectivity index (χ3v) is 4.30. The van der Waals surface area contributed by atoms with Gasteiger partial charge in [0.1, 0.15) is 11.6 Å². The molecule has 0 aromatic heterocycles. The van der Waals surface area contributed by atoms with E-state index in [9.17, 15) is 14.0 Å². The Kier molecular flexibility index (Phi) is 5.63. The van der Waals surface area contributed by atoms with E-state index in [1.165, 1.54) is 11.0 Å². The Balaban J connectivity index is 1.60. The number of amides is 2. The van der Waals surface area contributed by atoms with Gasteiger partial charge in [-0.25, -0.2) is 9.29 Å². The number of imide groups is 1. The molecule has 2 aromatic rings. The second kappa shape index (κ2) is 8.10.